The maximum absolute atomic E-state index is 12.8. The molecule has 1 aliphatic heterocycles. The summed E-state index contributed by atoms with van der Waals surface area (Å²) in [5.74, 6) is 0.830. The fraction of sp³-hybridized carbons (Fsp3) is 0.435. The van der Waals surface area contributed by atoms with E-state index in [1.54, 1.807) is 7.11 Å². The highest BCUT2D eigenvalue weighted by molar-refractivity contribution is 5.93. The molecule has 5 nitrogen and oxygen atoms in total. The Morgan fingerprint density at radius 2 is 2.04 bits per heavy atom. The standard InChI is InChI=1S/C23H30N2O3/c1-17-8-6-11-21(18(17)2)24-23(26)16-25(15-20-10-7-13-28-20)14-19-9-4-5-12-22(19)27-3/h4-6,8-9,11-12,20H,7,10,13-16H2,1-3H3,(H,24,26). The number of rotatable bonds is 8. The number of carbonyl (C=O) groups is 1. The first-order valence-corrected chi connectivity index (χ1v) is 9.88. The SMILES string of the molecule is COc1ccccc1CN(CC(=O)Nc1cccc(C)c1C)CC1CCCO1. The van der Waals surface area contributed by atoms with E-state index in [9.17, 15) is 4.79 Å². The summed E-state index contributed by atoms with van der Waals surface area (Å²) < 4.78 is 11.3. The van der Waals surface area contributed by atoms with Crippen LogP contribution in [-0.4, -0.2) is 43.7 Å². The van der Waals surface area contributed by atoms with Gasteiger partial charge in [0, 0.05) is 30.9 Å². The van der Waals surface area contributed by atoms with E-state index in [-0.39, 0.29) is 12.0 Å². The summed E-state index contributed by atoms with van der Waals surface area (Å²) >= 11 is 0. The molecule has 1 heterocycles. The van der Waals surface area contributed by atoms with E-state index in [0.717, 1.165) is 48.6 Å². The molecule has 1 N–H and O–H groups in total. The van der Waals surface area contributed by atoms with Crippen LogP contribution in [0.5, 0.6) is 5.75 Å². The van der Waals surface area contributed by atoms with Crippen molar-refractivity contribution in [1.29, 1.82) is 0 Å². The molecule has 0 bridgehead atoms. The van der Waals surface area contributed by atoms with Crippen LogP contribution in [-0.2, 0) is 16.1 Å². The average molecular weight is 383 g/mol. The number of ether oxygens (including phenoxy) is 2. The molecule has 1 aliphatic rings. The van der Waals surface area contributed by atoms with Gasteiger partial charge in [0.2, 0.25) is 5.91 Å². The van der Waals surface area contributed by atoms with Gasteiger partial charge in [0.15, 0.2) is 0 Å². The molecule has 2 aromatic carbocycles. The number of para-hydroxylation sites is 1. The van der Waals surface area contributed by atoms with Crippen molar-refractivity contribution in [2.45, 2.75) is 39.3 Å². The zero-order valence-corrected chi connectivity index (χ0v) is 17.0. The van der Waals surface area contributed by atoms with Gasteiger partial charge in [0.05, 0.1) is 19.8 Å². The van der Waals surface area contributed by atoms with Crippen LogP contribution in [0.25, 0.3) is 0 Å². The van der Waals surface area contributed by atoms with Crippen molar-refractivity contribution < 1.29 is 14.3 Å². The zero-order chi connectivity index (χ0) is 19.9. The summed E-state index contributed by atoms with van der Waals surface area (Å²) in [5.41, 5.74) is 4.22. The van der Waals surface area contributed by atoms with Crippen LogP contribution in [0.2, 0.25) is 0 Å². The molecule has 0 radical (unpaired) electrons. The van der Waals surface area contributed by atoms with Gasteiger partial charge in [-0.3, -0.25) is 9.69 Å². The number of amides is 1. The molecule has 0 spiro atoms. The number of hydrogen-bond acceptors (Lipinski definition) is 4. The third-order valence-corrected chi connectivity index (χ3v) is 5.32. The number of benzene rings is 2. The lowest BCUT2D eigenvalue weighted by Gasteiger charge is -2.25. The van der Waals surface area contributed by atoms with Crippen molar-refractivity contribution in [3.05, 3.63) is 59.2 Å². The van der Waals surface area contributed by atoms with Crippen molar-refractivity contribution in [2.75, 3.05) is 32.1 Å². The fourth-order valence-electron chi connectivity index (χ4n) is 3.62. The average Bonchev–Trinajstić information content (AvgIpc) is 3.19. The molecule has 1 fully saturated rings. The molecular weight excluding hydrogens is 352 g/mol. The minimum absolute atomic E-state index is 0.0124. The second-order valence-corrected chi connectivity index (χ2v) is 7.41. The summed E-state index contributed by atoms with van der Waals surface area (Å²) in [7, 11) is 1.68. The highest BCUT2D eigenvalue weighted by Gasteiger charge is 2.22. The molecule has 1 amide bonds. The van der Waals surface area contributed by atoms with E-state index >= 15 is 0 Å². The number of anilines is 1. The van der Waals surface area contributed by atoms with E-state index in [4.69, 9.17) is 9.47 Å². The van der Waals surface area contributed by atoms with Crippen molar-refractivity contribution in [3.63, 3.8) is 0 Å². The van der Waals surface area contributed by atoms with Crippen LogP contribution in [0.4, 0.5) is 5.69 Å². The van der Waals surface area contributed by atoms with E-state index in [1.807, 2.05) is 43.3 Å². The molecule has 0 saturated carbocycles. The van der Waals surface area contributed by atoms with Gasteiger partial charge in [-0.05, 0) is 49.9 Å². The molecule has 0 aromatic heterocycles. The number of hydrogen-bond donors (Lipinski definition) is 1. The van der Waals surface area contributed by atoms with Crippen molar-refractivity contribution in [3.8, 4) is 5.75 Å². The predicted molar refractivity (Wildman–Crippen MR) is 112 cm³/mol. The van der Waals surface area contributed by atoms with E-state index in [1.165, 1.54) is 5.56 Å². The largest absolute Gasteiger partial charge is 0.496 e. The summed E-state index contributed by atoms with van der Waals surface area (Å²) in [5, 5.41) is 3.07. The van der Waals surface area contributed by atoms with E-state index in [2.05, 4.69) is 23.2 Å². The molecule has 28 heavy (non-hydrogen) atoms. The Hall–Kier alpha value is -2.37. The van der Waals surface area contributed by atoms with Crippen LogP contribution in [0.15, 0.2) is 42.5 Å². The first-order valence-electron chi connectivity index (χ1n) is 9.88. The van der Waals surface area contributed by atoms with E-state index < -0.39 is 0 Å². The Bertz CT molecular complexity index is 800. The molecule has 150 valence electrons. The van der Waals surface area contributed by atoms with Crippen molar-refractivity contribution in [1.82, 2.24) is 4.90 Å². The van der Waals surface area contributed by atoms with Gasteiger partial charge in [-0.1, -0.05) is 30.3 Å². The zero-order valence-electron chi connectivity index (χ0n) is 17.0. The maximum Gasteiger partial charge on any atom is 0.238 e. The van der Waals surface area contributed by atoms with E-state index in [0.29, 0.717) is 13.1 Å². The van der Waals surface area contributed by atoms with Crippen molar-refractivity contribution >= 4 is 11.6 Å². The molecule has 0 aliphatic carbocycles. The second-order valence-electron chi connectivity index (χ2n) is 7.41. The van der Waals surface area contributed by atoms with Gasteiger partial charge in [0.25, 0.3) is 0 Å². The fourth-order valence-corrected chi connectivity index (χ4v) is 3.62. The van der Waals surface area contributed by atoms with Gasteiger partial charge in [-0.25, -0.2) is 0 Å². The quantitative estimate of drug-likeness (QED) is 0.752. The normalized spacial score (nSPS) is 16.4. The third-order valence-electron chi connectivity index (χ3n) is 5.32. The second kappa shape index (κ2) is 9.71. The summed E-state index contributed by atoms with van der Waals surface area (Å²) in [6.45, 7) is 6.58. The predicted octanol–water partition coefficient (Wildman–Crippen LogP) is 3.93. The highest BCUT2D eigenvalue weighted by Crippen LogP contribution is 2.22. The first kappa shape index (κ1) is 20.4. The Balaban J connectivity index is 1.70. The number of carbonyl (C=O) groups excluding carboxylic acids is 1. The maximum atomic E-state index is 12.8. The van der Waals surface area contributed by atoms with Crippen LogP contribution in [0.1, 0.15) is 29.5 Å². The highest BCUT2D eigenvalue weighted by atomic mass is 16.5. The Kier molecular flexibility index (Phi) is 7.06. The van der Waals surface area contributed by atoms with Gasteiger partial charge >= 0.3 is 0 Å². The lowest BCUT2D eigenvalue weighted by atomic mass is 10.1. The minimum atomic E-state index is -0.0124. The van der Waals surface area contributed by atoms with Crippen LogP contribution >= 0.6 is 0 Å². The molecule has 1 unspecified atom stereocenters. The Morgan fingerprint density at radius 3 is 2.79 bits per heavy atom. The molecule has 3 rings (SSSR count). The summed E-state index contributed by atoms with van der Waals surface area (Å²) in [6.07, 6.45) is 2.31. The summed E-state index contributed by atoms with van der Waals surface area (Å²) in [4.78, 5) is 14.9. The smallest absolute Gasteiger partial charge is 0.238 e. The first-order chi connectivity index (χ1) is 13.6. The molecular formula is C23H30N2O3. The molecule has 1 atom stereocenters. The van der Waals surface area contributed by atoms with Gasteiger partial charge in [-0.15, -0.1) is 0 Å². The summed E-state index contributed by atoms with van der Waals surface area (Å²) in [6, 6.07) is 13.9. The van der Waals surface area contributed by atoms with Gasteiger partial charge in [-0.2, -0.15) is 0 Å². The number of methoxy groups -OCH3 is 1. The number of nitrogens with zero attached hydrogens (tertiary/aromatic N) is 1. The monoisotopic (exact) mass is 382 g/mol. The molecule has 1 saturated heterocycles. The van der Waals surface area contributed by atoms with Gasteiger partial charge in [0.1, 0.15) is 5.75 Å². The lowest BCUT2D eigenvalue weighted by Crippen LogP contribution is -2.38. The van der Waals surface area contributed by atoms with Crippen LogP contribution in [0.3, 0.4) is 0 Å². The van der Waals surface area contributed by atoms with Crippen molar-refractivity contribution in [2.24, 2.45) is 0 Å². The Labute approximate surface area is 167 Å². The van der Waals surface area contributed by atoms with Crippen LogP contribution < -0.4 is 10.1 Å². The Morgan fingerprint density at radius 1 is 1.21 bits per heavy atom. The number of aryl methyl sites for hydroxylation is 1. The topological polar surface area (TPSA) is 50.8 Å². The minimum Gasteiger partial charge on any atom is -0.496 e. The van der Waals surface area contributed by atoms with Crippen LogP contribution in [0, 0.1) is 13.8 Å². The van der Waals surface area contributed by atoms with Gasteiger partial charge < -0.3 is 14.8 Å². The number of nitrogens with one attached hydrogen (secondary N) is 1. The molecule has 5 heteroatoms. The lowest BCUT2D eigenvalue weighted by molar-refractivity contribution is -0.117. The third kappa shape index (κ3) is 5.33. The molecule has 2 aromatic rings.